The van der Waals surface area contributed by atoms with Gasteiger partial charge in [-0.2, -0.15) is 0 Å². The fourth-order valence-corrected chi connectivity index (χ4v) is 1.35. The van der Waals surface area contributed by atoms with Crippen molar-refractivity contribution in [2.45, 2.75) is 0 Å². The first kappa shape index (κ1) is 11.2. The molecule has 0 amide bonds. The molecule has 1 N–H and O–H groups in total. The maximum absolute atomic E-state index is 10.4. The molecule has 0 saturated carbocycles. The van der Waals surface area contributed by atoms with E-state index in [1.165, 1.54) is 12.1 Å². The van der Waals surface area contributed by atoms with Gasteiger partial charge in [-0.1, -0.05) is 24.3 Å². The largest absolute Gasteiger partial charge is 0.507 e. The number of hydrogen-bond acceptors (Lipinski definition) is 3. The van der Waals surface area contributed by atoms with Crippen LogP contribution < -0.4 is 0 Å². The number of benzene rings is 2. The van der Waals surface area contributed by atoms with Gasteiger partial charge in [-0.3, -0.25) is 0 Å². The Balaban J connectivity index is 0.000000980. The van der Waals surface area contributed by atoms with Crippen molar-refractivity contribution in [3.8, 4) is 5.75 Å². The Kier molecular flexibility index (Phi) is 3.68. The van der Waals surface area contributed by atoms with E-state index in [2.05, 4.69) is 5.18 Å². The zero-order valence-electron chi connectivity index (χ0n) is 7.27. The number of phenols is 1. The maximum atomic E-state index is 10.4. The summed E-state index contributed by atoms with van der Waals surface area (Å²) in [4.78, 5) is 10.4. The minimum absolute atomic E-state index is 0. The Morgan fingerprint density at radius 2 is 1.64 bits per heavy atom. The minimum Gasteiger partial charge on any atom is -0.507 e. The molecule has 0 heterocycles. The Hall–Kier alpha value is -0.848. The van der Waals surface area contributed by atoms with E-state index in [-0.39, 0.29) is 36.9 Å². The second-order valence-electron chi connectivity index (χ2n) is 2.74. The van der Waals surface area contributed by atoms with E-state index in [1.54, 1.807) is 24.3 Å². The zero-order chi connectivity index (χ0) is 9.26. The van der Waals surface area contributed by atoms with Crippen LogP contribution in [-0.4, -0.2) is 5.11 Å². The molecule has 4 heteroatoms. The summed E-state index contributed by atoms with van der Waals surface area (Å²) in [6, 6.07) is 10.1. The van der Waals surface area contributed by atoms with Gasteiger partial charge in [-0.25, -0.2) is 0 Å². The average Bonchev–Trinajstić information content (AvgIpc) is 2.19. The van der Waals surface area contributed by atoms with Gasteiger partial charge in [0, 0.05) is 41.9 Å². The summed E-state index contributed by atoms with van der Waals surface area (Å²) in [7, 11) is 0. The van der Waals surface area contributed by atoms with Gasteiger partial charge in [0.25, 0.3) is 0 Å². The summed E-state index contributed by atoms with van der Waals surface area (Å²) in [6.07, 6.45) is 0. The summed E-state index contributed by atoms with van der Waals surface area (Å²) in [5, 5.41) is 13.7. The predicted octanol–water partition coefficient (Wildman–Crippen LogP) is 2.94. The molecular weight excluding hydrogens is 404 g/mol. The third-order valence-electron chi connectivity index (χ3n) is 1.98. The molecule has 0 spiro atoms. The summed E-state index contributed by atoms with van der Waals surface area (Å²) < 4.78 is 0. The van der Waals surface area contributed by atoms with E-state index >= 15 is 0 Å². The van der Waals surface area contributed by atoms with Crippen molar-refractivity contribution >= 4 is 16.5 Å². The molecule has 0 aliphatic rings. The molecule has 0 bridgehead atoms. The average molecular weight is 411 g/mol. The van der Waals surface area contributed by atoms with Gasteiger partial charge in [0.2, 0.25) is 0 Å². The van der Waals surface area contributed by atoms with Crippen molar-refractivity contribution in [2.75, 3.05) is 0 Å². The first-order valence-electron chi connectivity index (χ1n) is 3.87. The molecule has 0 radical (unpaired) electrons. The second-order valence-corrected chi connectivity index (χ2v) is 2.74. The molecule has 0 aliphatic carbocycles. The fourth-order valence-electron chi connectivity index (χ4n) is 1.35. The SMILES string of the molecule is O=Nc1ccc(O)c2ccccc12.[U]. The van der Waals surface area contributed by atoms with Crippen molar-refractivity contribution in [1.29, 1.82) is 0 Å². The third kappa shape index (κ3) is 1.82. The van der Waals surface area contributed by atoms with Crippen molar-refractivity contribution in [1.82, 2.24) is 0 Å². The predicted molar refractivity (Wildman–Crippen MR) is 51.1 cm³/mol. The van der Waals surface area contributed by atoms with Gasteiger partial charge in [0.15, 0.2) is 0 Å². The van der Waals surface area contributed by atoms with Crippen molar-refractivity contribution < 1.29 is 36.2 Å². The van der Waals surface area contributed by atoms with Crippen LogP contribution >= 0.6 is 0 Å². The maximum Gasteiger partial charge on any atom is 0.123 e. The number of hydrogen-bond donors (Lipinski definition) is 1. The zero-order valence-corrected chi connectivity index (χ0v) is 11.4. The fraction of sp³-hybridized carbons (Fsp3) is 0. The molecule has 0 unspecified atom stereocenters. The van der Waals surface area contributed by atoms with Crippen molar-refractivity contribution in [3.63, 3.8) is 0 Å². The summed E-state index contributed by atoms with van der Waals surface area (Å²) >= 11 is 0. The van der Waals surface area contributed by atoms with Crippen LogP contribution in [0.25, 0.3) is 10.8 Å². The van der Waals surface area contributed by atoms with Crippen LogP contribution in [0.3, 0.4) is 0 Å². The van der Waals surface area contributed by atoms with Crippen LogP contribution in [-0.2, 0) is 0 Å². The molecule has 2 rings (SSSR count). The number of nitroso groups, excluding NO2 is 1. The molecular formula is C10H7NO2U. The number of aromatic hydroxyl groups is 1. The Morgan fingerprint density at radius 1 is 1.00 bits per heavy atom. The van der Waals surface area contributed by atoms with Gasteiger partial charge in [-0.05, 0) is 17.3 Å². The smallest absolute Gasteiger partial charge is 0.123 e. The third-order valence-corrected chi connectivity index (χ3v) is 1.98. The van der Waals surface area contributed by atoms with Crippen molar-refractivity contribution in [2.24, 2.45) is 5.18 Å². The number of fused-ring (bicyclic) bond motifs is 1. The first-order chi connectivity index (χ1) is 6.33. The Bertz CT molecular complexity index is 471. The summed E-state index contributed by atoms with van der Waals surface area (Å²) in [6.45, 7) is 0. The molecule has 0 aliphatic heterocycles. The van der Waals surface area contributed by atoms with Gasteiger partial charge in [0.05, 0.1) is 0 Å². The van der Waals surface area contributed by atoms with Crippen molar-refractivity contribution in [3.05, 3.63) is 41.3 Å². The molecule has 14 heavy (non-hydrogen) atoms. The van der Waals surface area contributed by atoms with E-state index < -0.39 is 0 Å². The Labute approximate surface area is 104 Å². The normalized spacial score (nSPS) is 9.43. The standard InChI is InChI=1S/C10H7NO2.U/c12-10-6-5-9(11-13)7-3-1-2-4-8(7)10;/h1-6,12H;. The van der Waals surface area contributed by atoms with Crippen LogP contribution in [0.1, 0.15) is 0 Å². The molecule has 0 atom stereocenters. The molecule has 2 aromatic rings. The van der Waals surface area contributed by atoms with Crippen LogP contribution in [0.2, 0.25) is 0 Å². The quantitative estimate of drug-likeness (QED) is 0.734. The number of rotatable bonds is 1. The van der Waals surface area contributed by atoms with E-state index in [9.17, 15) is 10.0 Å². The van der Waals surface area contributed by atoms with E-state index in [0.29, 0.717) is 16.5 Å². The summed E-state index contributed by atoms with van der Waals surface area (Å²) in [5.41, 5.74) is 0.355. The molecule has 0 saturated heterocycles. The van der Waals surface area contributed by atoms with E-state index in [4.69, 9.17) is 0 Å². The van der Waals surface area contributed by atoms with Crippen LogP contribution in [0.5, 0.6) is 5.75 Å². The number of nitrogens with zero attached hydrogens (tertiary/aromatic N) is 1. The van der Waals surface area contributed by atoms with Gasteiger partial charge in [-0.15, -0.1) is 4.91 Å². The molecule has 2 aromatic carbocycles. The molecule has 0 aromatic heterocycles. The number of phenolic OH excluding ortho intramolecular Hbond substituents is 1. The first-order valence-corrected chi connectivity index (χ1v) is 3.87. The van der Waals surface area contributed by atoms with Crippen LogP contribution in [0.15, 0.2) is 41.6 Å². The monoisotopic (exact) mass is 411 g/mol. The van der Waals surface area contributed by atoms with Gasteiger partial charge >= 0.3 is 0 Å². The van der Waals surface area contributed by atoms with E-state index in [0.717, 1.165) is 0 Å². The summed E-state index contributed by atoms with van der Waals surface area (Å²) in [5.74, 6) is 0.169. The van der Waals surface area contributed by atoms with Crippen LogP contribution in [0.4, 0.5) is 5.69 Å². The van der Waals surface area contributed by atoms with Gasteiger partial charge < -0.3 is 5.11 Å². The second kappa shape index (κ2) is 4.59. The molecule has 68 valence electrons. The van der Waals surface area contributed by atoms with Gasteiger partial charge in [0.1, 0.15) is 11.4 Å². The van der Waals surface area contributed by atoms with E-state index in [1.807, 2.05) is 0 Å². The Morgan fingerprint density at radius 3 is 2.29 bits per heavy atom. The minimum atomic E-state index is 0. The molecule has 0 fully saturated rings. The van der Waals surface area contributed by atoms with Crippen LogP contribution in [0, 0.1) is 36.0 Å². The topological polar surface area (TPSA) is 49.7 Å². The molecule has 3 nitrogen and oxygen atoms in total.